The first-order chi connectivity index (χ1) is 5.24. The van der Waals surface area contributed by atoms with E-state index in [9.17, 15) is 4.79 Å². The van der Waals surface area contributed by atoms with Crippen LogP contribution in [0.5, 0.6) is 0 Å². The van der Waals surface area contributed by atoms with Gasteiger partial charge in [0.25, 0.3) is 0 Å². The van der Waals surface area contributed by atoms with Gasteiger partial charge in [-0.1, -0.05) is 18.2 Å². The van der Waals surface area contributed by atoms with Gasteiger partial charge in [0.15, 0.2) is 0 Å². The SMILES string of the molecule is COC(=O)C1=CC=CC(O)C1. The van der Waals surface area contributed by atoms with Crippen LogP contribution in [-0.4, -0.2) is 24.3 Å². The third-order valence-corrected chi connectivity index (χ3v) is 1.51. The Morgan fingerprint density at radius 3 is 3.09 bits per heavy atom. The molecule has 3 nitrogen and oxygen atoms in total. The second kappa shape index (κ2) is 3.34. The van der Waals surface area contributed by atoms with Gasteiger partial charge in [-0.05, 0) is 0 Å². The molecule has 0 saturated carbocycles. The minimum absolute atomic E-state index is 0.350. The number of ether oxygens (including phenoxy) is 1. The van der Waals surface area contributed by atoms with Crippen LogP contribution in [0.25, 0.3) is 0 Å². The molecule has 0 aromatic carbocycles. The van der Waals surface area contributed by atoms with Crippen molar-refractivity contribution in [3.8, 4) is 0 Å². The third-order valence-electron chi connectivity index (χ3n) is 1.51. The van der Waals surface area contributed by atoms with Crippen molar-refractivity contribution in [3.05, 3.63) is 23.8 Å². The Morgan fingerprint density at radius 1 is 1.82 bits per heavy atom. The molecule has 0 bridgehead atoms. The Balaban J connectivity index is 2.66. The van der Waals surface area contributed by atoms with Crippen molar-refractivity contribution in [2.24, 2.45) is 0 Å². The van der Waals surface area contributed by atoms with Crippen molar-refractivity contribution in [2.75, 3.05) is 7.11 Å². The van der Waals surface area contributed by atoms with E-state index in [-0.39, 0.29) is 5.97 Å². The quantitative estimate of drug-likeness (QED) is 0.556. The lowest BCUT2D eigenvalue weighted by Crippen LogP contribution is -2.14. The number of carbonyl (C=O) groups is 1. The molecule has 1 atom stereocenters. The van der Waals surface area contributed by atoms with E-state index in [0.717, 1.165) is 0 Å². The van der Waals surface area contributed by atoms with Crippen LogP contribution in [0.1, 0.15) is 6.42 Å². The van der Waals surface area contributed by atoms with Gasteiger partial charge in [-0.15, -0.1) is 0 Å². The molecule has 0 aromatic heterocycles. The molecule has 0 saturated heterocycles. The minimum Gasteiger partial charge on any atom is -0.466 e. The molecule has 0 radical (unpaired) electrons. The number of rotatable bonds is 1. The van der Waals surface area contributed by atoms with E-state index in [1.54, 1.807) is 18.2 Å². The number of methoxy groups -OCH3 is 1. The highest BCUT2D eigenvalue weighted by molar-refractivity contribution is 5.89. The van der Waals surface area contributed by atoms with Gasteiger partial charge in [-0.2, -0.15) is 0 Å². The smallest absolute Gasteiger partial charge is 0.333 e. The summed E-state index contributed by atoms with van der Waals surface area (Å²) in [4.78, 5) is 10.9. The molecule has 1 N–H and O–H groups in total. The van der Waals surface area contributed by atoms with Crippen molar-refractivity contribution >= 4 is 5.97 Å². The maximum absolute atomic E-state index is 10.9. The normalized spacial score (nSPS) is 22.7. The molecule has 1 unspecified atom stereocenters. The molecule has 0 spiro atoms. The fraction of sp³-hybridized carbons (Fsp3) is 0.375. The Hall–Kier alpha value is -1.09. The van der Waals surface area contributed by atoms with E-state index in [2.05, 4.69) is 4.74 Å². The van der Waals surface area contributed by atoms with Crippen molar-refractivity contribution in [2.45, 2.75) is 12.5 Å². The summed E-state index contributed by atoms with van der Waals surface area (Å²) < 4.78 is 4.49. The van der Waals surface area contributed by atoms with Crippen LogP contribution >= 0.6 is 0 Å². The first-order valence-corrected chi connectivity index (χ1v) is 3.38. The van der Waals surface area contributed by atoms with Gasteiger partial charge in [0, 0.05) is 12.0 Å². The molecule has 3 heteroatoms. The number of hydrogen-bond donors (Lipinski definition) is 1. The molecule has 1 aliphatic carbocycles. The number of allylic oxidation sites excluding steroid dienone is 2. The largest absolute Gasteiger partial charge is 0.466 e. The molecular formula is C8H10O3. The molecule has 0 amide bonds. The van der Waals surface area contributed by atoms with Crippen LogP contribution in [0.15, 0.2) is 23.8 Å². The Kier molecular flexibility index (Phi) is 2.44. The lowest BCUT2D eigenvalue weighted by atomic mass is 10.0. The zero-order valence-electron chi connectivity index (χ0n) is 6.28. The second-order valence-corrected chi connectivity index (χ2v) is 2.34. The summed E-state index contributed by atoms with van der Waals surface area (Å²) in [6.45, 7) is 0. The predicted molar refractivity (Wildman–Crippen MR) is 39.9 cm³/mol. The number of esters is 1. The number of aliphatic hydroxyl groups is 1. The lowest BCUT2D eigenvalue weighted by molar-refractivity contribution is -0.136. The molecule has 11 heavy (non-hydrogen) atoms. The standard InChI is InChI=1S/C8H10O3/c1-11-8(10)6-3-2-4-7(9)5-6/h2-4,7,9H,5H2,1H3. The maximum Gasteiger partial charge on any atom is 0.333 e. The third kappa shape index (κ3) is 1.91. The van der Waals surface area contributed by atoms with Crippen molar-refractivity contribution in [3.63, 3.8) is 0 Å². The average molecular weight is 154 g/mol. The Labute approximate surface area is 65.0 Å². The summed E-state index contributed by atoms with van der Waals surface area (Å²) in [5, 5.41) is 9.09. The van der Waals surface area contributed by atoms with E-state index in [4.69, 9.17) is 5.11 Å². The summed E-state index contributed by atoms with van der Waals surface area (Å²) in [5.74, 6) is -0.367. The van der Waals surface area contributed by atoms with Crippen LogP contribution in [0, 0.1) is 0 Å². The van der Waals surface area contributed by atoms with Crippen molar-refractivity contribution < 1.29 is 14.6 Å². The van der Waals surface area contributed by atoms with Gasteiger partial charge < -0.3 is 9.84 Å². The van der Waals surface area contributed by atoms with Crippen LogP contribution < -0.4 is 0 Å². The highest BCUT2D eigenvalue weighted by Crippen LogP contribution is 2.13. The molecule has 0 fully saturated rings. The highest BCUT2D eigenvalue weighted by Gasteiger charge is 2.14. The second-order valence-electron chi connectivity index (χ2n) is 2.34. The van der Waals surface area contributed by atoms with Crippen LogP contribution in [-0.2, 0) is 9.53 Å². The zero-order valence-corrected chi connectivity index (χ0v) is 6.28. The van der Waals surface area contributed by atoms with E-state index in [1.165, 1.54) is 7.11 Å². The predicted octanol–water partition coefficient (Wildman–Crippen LogP) is 0.407. The molecule has 1 rings (SSSR count). The van der Waals surface area contributed by atoms with Gasteiger partial charge in [-0.25, -0.2) is 4.79 Å². The van der Waals surface area contributed by atoms with Crippen molar-refractivity contribution in [1.82, 2.24) is 0 Å². The van der Waals surface area contributed by atoms with Crippen LogP contribution in [0.3, 0.4) is 0 Å². The zero-order chi connectivity index (χ0) is 8.27. The highest BCUT2D eigenvalue weighted by atomic mass is 16.5. The van der Waals surface area contributed by atoms with E-state index >= 15 is 0 Å². The summed E-state index contributed by atoms with van der Waals surface area (Å²) in [6, 6.07) is 0. The van der Waals surface area contributed by atoms with Gasteiger partial charge in [0.2, 0.25) is 0 Å². The molecule has 1 aliphatic rings. The number of aliphatic hydroxyl groups excluding tert-OH is 1. The molecule has 0 heterocycles. The first-order valence-electron chi connectivity index (χ1n) is 3.38. The number of carbonyl (C=O) groups excluding carboxylic acids is 1. The average Bonchev–Trinajstić information content (AvgIpc) is 2.03. The summed E-state index contributed by atoms with van der Waals surface area (Å²) in [5.41, 5.74) is 0.516. The number of hydrogen-bond acceptors (Lipinski definition) is 3. The van der Waals surface area contributed by atoms with Gasteiger partial charge in [0.1, 0.15) is 0 Å². The monoisotopic (exact) mass is 154 g/mol. The van der Waals surface area contributed by atoms with Gasteiger partial charge in [-0.3, -0.25) is 0 Å². The van der Waals surface area contributed by atoms with E-state index < -0.39 is 6.10 Å². The topological polar surface area (TPSA) is 46.5 Å². The lowest BCUT2D eigenvalue weighted by Gasteiger charge is -2.10. The summed E-state index contributed by atoms with van der Waals surface area (Å²) >= 11 is 0. The summed E-state index contributed by atoms with van der Waals surface area (Å²) in [6.07, 6.45) is 4.74. The fourth-order valence-electron chi connectivity index (χ4n) is 0.944. The van der Waals surface area contributed by atoms with Crippen molar-refractivity contribution in [1.29, 1.82) is 0 Å². The Morgan fingerprint density at radius 2 is 2.55 bits per heavy atom. The van der Waals surface area contributed by atoms with E-state index in [0.29, 0.717) is 12.0 Å². The molecular weight excluding hydrogens is 144 g/mol. The Bertz CT molecular complexity index is 215. The first kappa shape index (κ1) is 8.01. The molecule has 60 valence electrons. The minimum atomic E-state index is -0.547. The fourth-order valence-corrected chi connectivity index (χ4v) is 0.944. The van der Waals surface area contributed by atoms with Gasteiger partial charge in [0.05, 0.1) is 13.2 Å². The molecule has 0 aromatic rings. The van der Waals surface area contributed by atoms with Crippen LogP contribution in [0.2, 0.25) is 0 Å². The van der Waals surface area contributed by atoms with Gasteiger partial charge >= 0.3 is 5.97 Å². The molecule has 0 aliphatic heterocycles. The summed E-state index contributed by atoms with van der Waals surface area (Å²) in [7, 11) is 1.33. The van der Waals surface area contributed by atoms with E-state index in [1.807, 2.05) is 0 Å². The van der Waals surface area contributed by atoms with Crippen LogP contribution in [0.4, 0.5) is 0 Å². The maximum atomic E-state index is 10.9.